The molecule has 0 bridgehead atoms. The number of hydrogen-bond donors (Lipinski definition) is 4. The first kappa shape index (κ1) is 21.4. The topological polar surface area (TPSA) is 82.3 Å². The number of hydrogen-bond acceptors (Lipinski definition) is 3. The molecule has 2 aromatic rings. The van der Waals surface area contributed by atoms with Gasteiger partial charge in [-0.1, -0.05) is 55.5 Å². The third-order valence-electron chi connectivity index (χ3n) is 4.26. The molecular formula is C21H26N4O2S. The van der Waals surface area contributed by atoms with E-state index in [0.29, 0.717) is 5.11 Å². The Hall–Kier alpha value is -2.93. The number of rotatable bonds is 6. The third-order valence-corrected chi connectivity index (χ3v) is 4.47. The average molecular weight is 399 g/mol. The highest BCUT2D eigenvalue weighted by atomic mass is 32.1. The molecule has 6 nitrogen and oxygen atoms in total. The van der Waals surface area contributed by atoms with Crippen molar-refractivity contribution in [1.29, 1.82) is 0 Å². The van der Waals surface area contributed by atoms with E-state index >= 15 is 0 Å². The molecule has 148 valence electrons. The van der Waals surface area contributed by atoms with Gasteiger partial charge in [-0.05, 0) is 42.3 Å². The number of benzene rings is 2. The molecule has 0 radical (unpaired) electrons. The fourth-order valence-corrected chi connectivity index (χ4v) is 3.05. The van der Waals surface area contributed by atoms with Crippen LogP contribution < -0.4 is 21.5 Å². The molecule has 28 heavy (non-hydrogen) atoms. The predicted molar refractivity (Wildman–Crippen MR) is 116 cm³/mol. The van der Waals surface area contributed by atoms with Crippen LogP contribution in [0.3, 0.4) is 0 Å². The van der Waals surface area contributed by atoms with Crippen molar-refractivity contribution >= 4 is 34.8 Å². The van der Waals surface area contributed by atoms with Gasteiger partial charge in [-0.15, -0.1) is 0 Å². The number of carbonyl (C=O) groups is 2. The van der Waals surface area contributed by atoms with Crippen molar-refractivity contribution < 1.29 is 9.59 Å². The molecule has 7 heteroatoms. The van der Waals surface area contributed by atoms with E-state index in [-0.39, 0.29) is 18.2 Å². The van der Waals surface area contributed by atoms with Crippen molar-refractivity contribution in [2.24, 2.45) is 0 Å². The maximum atomic E-state index is 12.3. The standard InChI is InChI=1S/C21H26N4O2S/c1-4-16-12-8-9-14(2)20(16)23-21(28)25-24-19(27)13-18(22-15(3)26)17-10-6-5-7-11-17/h5-12,18H,4,13H2,1-3H3,(H,22,26)(H,24,27)(H2,23,25,28)/t18-/m0/s1. The first-order valence-electron chi connectivity index (χ1n) is 9.17. The smallest absolute Gasteiger partial charge is 0.240 e. The molecule has 0 aromatic heterocycles. The molecule has 0 aliphatic rings. The van der Waals surface area contributed by atoms with Gasteiger partial charge in [-0.2, -0.15) is 0 Å². The highest BCUT2D eigenvalue weighted by molar-refractivity contribution is 7.80. The van der Waals surface area contributed by atoms with Gasteiger partial charge in [0.05, 0.1) is 12.5 Å². The van der Waals surface area contributed by atoms with E-state index in [1.165, 1.54) is 6.92 Å². The van der Waals surface area contributed by atoms with E-state index in [0.717, 1.165) is 28.8 Å². The zero-order chi connectivity index (χ0) is 20.5. The molecule has 2 aromatic carbocycles. The van der Waals surface area contributed by atoms with Crippen molar-refractivity contribution in [2.45, 2.75) is 39.7 Å². The van der Waals surface area contributed by atoms with Crippen molar-refractivity contribution in [3.8, 4) is 0 Å². The summed E-state index contributed by atoms with van der Waals surface area (Å²) in [4.78, 5) is 23.8. The number of carbonyl (C=O) groups excluding carboxylic acids is 2. The lowest BCUT2D eigenvalue weighted by Crippen LogP contribution is -2.45. The van der Waals surface area contributed by atoms with Crippen LogP contribution in [-0.4, -0.2) is 16.9 Å². The van der Waals surface area contributed by atoms with E-state index in [2.05, 4.69) is 28.4 Å². The Balaban J connectivity index is 1.93. The molecule has 4 N–H and O–H groups in total. The summed E-state index contributed by atoms with van der Waals surface area (Å²) in [6, 6.07) is 15.0. The van der Waals surface area contributed by atoms with Gasteiger partial charge in [-0.3, -0.25) is 20.4 Å². The maximum Gasteiger partial charge on any atom is 0.240 e. The largest absolute Gasteiger partial charge is 0.349 e. The summed E-state index contributed by atoms with van der Waals surface area (Å²) in [6.07, 6.45) is 0.957. The Morgan fingerprint density at radius 3 is 2.39 bits per heavy atom. The van der Waals surface area contributed by atoms with Gasteiger partial charge >= 0.3 is 0 Å². The molecule has 0 aliphatic carbocycles. The van der Waals surface area contributed by atoms with Crippen LogP contribution in [0, 0.1) is 6.92 Å². The Bertz CT molecular complexity index is 840. The van der Waals surface area contributed by atoms with Crippen molar-refractivity contribution in [1.82, 2.24) is 16.2 Å². The Kier molecular flexibility index (Phi) is 7.95. The summed E-state index contributed by atoms with van der Waals surface area (Å²) < 4.78 is 0. The minimum atomic E-state index is -0.412. The third kappa shape index (κ3) is 6.35. The van der Waals surface area contributed by atoms with Gasteiger partial charge in [0.1, 0.15) is 0 Å². The molecule has 0 saturated carbocycles. The second-order valence-corrected chi connectivity index (χ2v) is 6.87. The minimum Gasteiger partial charge on any atom is -0.349 e. The van der Waals surface area contributed by atoms with E-state index in [4.69, 9.17) is 12.2 Å². The van der Waals surface area contributed by atoms with E-state index in [1.54, 1.807) is 0 Å². The van der Waals surface area contributed by atoms with E-state index in [9.17, 15) is 9.59 Å². The van der Waals surface area contributed by atoms with Crippen molar-refractivity contribution in [3.63, 3.8) is 0 Å². The van der Waals surface area contributed by atoms with Gasteiger partial charge in [0.25, 0.3) is 0 Å². The van der Waals surface area contributed by atoms with Crippen molar-refractivity contribution in [3.05, 3.63) is 65.2 Å². The lowest BCUT2D eigenvalue weighted by Gasteiger charge is -2.19. The number of nitrogens with one attached hydrogen (secondary N) is 4. The summed E-state index contributed by atoms with van der Waals surface area (Å²) in [6.45, 7) is 5.50. The summed E-state index contributed by atoms with van der Waals surface area (Å²) in [7, 11) is 0. The van der Waals surface area contributed by atoms with Gasteiger partial charge in [0, 0.05) is 12.6 Å². The lowest BCUT2D eigenvalue weighted by atomic mass is 10.0. The molecule has 0 aliphatic heterocycles. The number of amides is 2. The summed E-state index contributed by atoms with van der Waals surface area (Å²) in [5.41, 5.74) is 9.34. The Morgan fingerprint density at radius 2 is 1.75 bits per heavy atom. The Morgan fingerprint density at radius 1 is 1.04 bits per heavy atom. The number of hydrazine groups is 1. The average Bonchev–Trinajstić information content (AvgIpc) is 2.68. The zero-order valence-corrected chi connectivity index (χ0v) is 17.2. The molecular weight excluding hydrogens is 372 g/mol. The molecule has 0 heterocycles. The number of para-hydroxylation sites is 1. The molecule has 2 rings (SSSR count). The van der Waals surface area contributed by atoms with E-state index < -0.39 is 6.04 Å². The highest BCUT2D eigenvalue weighted by Crippen LogP contribution is 2.21. The monoisotopic (exact) mass is 398 g/mol. The van der Waals surface area contributed by atoms with Crippen LogP contribution in [0.25, 0.3) is 0 Å². The zero-order valence-electron chi connectivity index (χ0n) is 16.3. The molecule has 0 unspecified atom stereocenters. The SMILES string of the molecule is CCc1cccc(C)c1NC(=S)NNC(=O)C[C@H](NC(C)=O)c1ccccc1. The second kappa shape index (κ2) is 10.4. The van der Waals surface area contributed by atoms with Gasteiger partial charge in [-0.25, -0.2) is 0 Å². The summed E-state index contributed by atoms with van der Waals surface area (Å²) >= 11 is 5.29. The summed E-state index contributed by atoms with van der Waals surface area (Å²) in [5.74, 6) is -0.481. The lowest BCUT2D eigenvalue weighted by molar-refractivity contribution is -0.123. The number of anilines is 1. The van der Waals surface area contributed by atoms with Crippen LogP contribution in [-0.2, 0) is 16.0 Å². The highest BCUT2D eigenvalue weighted by Gasteiger charge is 2.17. The predicted octanol–water partition coefficient (Wildman–Crippen LogP) is 3.14. The van der Waals surface area contributed by atoms with Crippen LogP contribution in [0.2, 0.25) is 0 Å². The molecule has 0 spiro atoms. The number of thiocarbonyl (C=S) groups is 1. The van der Waals surface area contributed by atoms with Gasteiger partial charge in [0.15, 0.2) is 5.11 Å². The van der Waals surface area contributed by atoms with Crippen LogP contribution >= 0.6 is 12.2 Å². The molecule has 0 saturated heterocycles. The van der Waals surface area contributed by atoms with Crippen molar-refractivity contribution in [2.75, 3.05) is 5.32 Å². The van der Waals surface area contributed by atoms with Gasteiger partial charge < -0.3 is 10.6 Å². The minimum absolute atomic E-state index is 0.0871. The van der Waals surface area contributed by atoms with Crippen LogP contribution in [0.5, 0.6) is 0 Å². The Labute approximate surface area is 171 Å². The molecule has 2 amide bonds. The molecule has 0 fully saturated rings. The first-order chi connectivity index (χ1) is 13.4. The van der Waals surface area contributed by atoms with E-state index in [1.807, 2.05) is 55.5 Å². The van der Waals surface area contributed by atoms with Crippen LogP contribution in [0.4, 0.5) is 5.69 Å². The van der Waals surface area contributed by atoms with Crippen LogP contribution in [0.15, 0.2) is 48.5 Å². The maximum absolute atomic E-state index is 12.3. The normalized spacial score (nSPS) is 11.2. The first-order valence-corrected chi connectivity index (χ1v) is 9.58. The second-order valence-electron chi connectivity index (χ2n) is 6.46. The fraction of sp³-hybridized carbons (Fsp3) is 0.286. The van der Waals surface area contributed by atoms with Gasteiger partial charge in [0.2, 0.25) is 11.8 Å². The molecule has 1 atom stereocenters. The quantitative estimate of drug-likeness (QED) is 0.444. The fourth-order valence-electron chi connectivity index (χ4n) is 2.89. The summed E-state index contributed by atoms with van der Waals surface area (Å²) in [5, 5.41) is 6.24. The van der Waals surface area contributed by atoms with Crippen LogP contribution in [0.1, 0.15) is 43.0 Å². The number of aryl methyl sites for hydroxylation is 2.